The highest BCUT2D eigenvalue weighted by molar-refractivity contribution is 5.96. The van der Waals surface area contributed by atoms with Crippen LogP contribution < -0.4 is 5.32 Å². The highest BCUT2D eigenvalue weighted by Gasteiger charge is 2.42. The van der Waals surface area contributed by atoms with E-state index >= 15 is 0 Å². The van der Waals surface area contributed by atoms with E-state index < -0.39 is 42.5 Å². The van der Waals surface area contributed by atoms with Gasteiger partial charge in [0.2, 0.25) is 11.8 Å². The van der Waals surface area contributed by atoms with Crippen molar-refractivity contribution in [3.05, 3.63) is 0 Å². The van der Waals surface area contributed by atoms with Crippen molar-refractivity contribution in [2.75, 3.05) is 0 Å². The first-order valence-electron chi connectivity index (χ1n) is 5.86. The second-order valence-electron chi connectivity index (χ2n) is 4.56. The van der Waals surface area contributed by atoms with Crippen molar-refractivity contribution in [1.29, 1.82) is 0 Å². The normalized spacial score (nSPS) is 27.1. The van der Waals surface area contributed by atoms with Gasteiger partial charge < -0.3 is 10.2 Å². The van der Waals surface area contributed by atoms with E-state index in [2.05, 4.69) is 5.32 Å². The summed E-state index contributed by atoms with van der Waals surface area (Å²) in [7, 11) is 0. The molecule has 104 valence electrons. The molecule has 3 atom stereocenters. The van der Waals surface area contributed by atoms with Crippen LogP contribution in [0.4, 0.5) is 13.2 Å². The first-order valence-corrected chi connectivity index (χ1v) is 5.86. The molecule has 4 nitrogen and oxygen atoms in total. The van der Waals surface area contributed by atoms with Crippen LogP contribution in [-0.2, 0) is 9.59 Å². The van der Waals surface area contributed by atoms with Gasteiger partial charge >= 0.3 is 6.18 Å². The van der Waals surface area contributed by atoms with Crippen LogP contribution in [0, 0.1) is 0 Å². The fourth-order valence-corrected chi connectivity index (χ4v) is 2.16. The maximum absolute atomic E-state index is 12.4. The molecule has 0 spiro atoms. The number of nitrogens with one attached hydrogen (secondary N) is 1. The highest BCUT2D eigenvalue weighted by Crippen LogP contribution is 2.26. The van der Waals surface area contributed by atoms with E-state index in [4.69, 9.17) is 0 Å². The SMILES string of the molecule is CCC1NC(=O)C(C)N(C(C)CC(F)(F)F)C1=O. The monoisotopic (exact) mass is 266 g/mol. The number of alkyl halides is 3. The molecule has 0 aromatic heterocycles. The third-order valence-electron chi connectivity index (χ3n) is 3.08. The number of hydrogen-bond acceptors (Lipinski definition) is 2. The molecule has 1 aliphatic heterocycles. The summed E-state index contributed by atoms with van der Waals surface area (Å²) in [5.74, 6) is -0.850. The second kappa shape index (κ2) is 5.16. The number of carbonyl (C=O) groups is 2. The highest BCUT2D eigenvalue weighted by atomic mass is 19.4. The molecule has 1 saturated heterocycles. The lowest BCUT2D eigenvalue weighted by Gasteiger charge is -2.41. The van der Waals surface area contributed by atoms with Crippen LogP contribution in [0.5, 0.6) is 0 Å². The van der Waals surface area contributed by atoms with E-state index in [0.717, 1.165) is 4.90 Å². The summed E-state index contributed by atoms with van der Waals surface area (Å²) >= 11 is 0. The predicted molar refractivity (Wildman–Crippen MR) is 58.7 cm³/mol. The van der Waals surface area contributed by atoms with Crippen LogP contribution in [0.3, 0.4) is 0 Å². The van der Waals surface area contributed by atoms with Crippen LogP contribution in [-0.4, -0.2) is 41.0 Å². The first-order chi connectivity index (χ1) is 8.17. The summed E-state index contributed by atoms with van der Waals surface area (Å²) in [6.07, 6.45) is -5.09. The van der Waals surface area contributed by atoms with Gasteiger partial charge in [0.1, 0.15) is 12.1 Å². The fraction of sp³-hybridized carbons (Fsp3) is 0.818. The molecule has 0 aromatic carbocycles. The molecular weight excluding hydrogens is 249 g/mol. The Morgan fingerprint density at radius 1 is 1.39 bits per heavy atom. The molecular formula is C11H17F3N2O2. The zero-order valence-electron chi connectivity index (χ0n) is 10.5. The Kier molecular flexibility index (Phi) is 4.24. The molecule has 0 bridgehead atoms. The van der Waals surface area contributed by atoms with Crippen molar-refractivity contribution in [2.24, 2.45) is 0 Å². The molecule has 1 fully saturated rings. The van der Waals surface area contributed by atoms with Crippen LogP contribution in [0.2, 0.25) is 0 Å². The number of hydrogen-bond donors (Lipinski definition) is 1. The molecule has 1 rings (SSSR count). The van der Waals surface area contributed by atoms with Crippen LogP contribution in [0.25, 0.3) is 0 Å². The Balaban J connectivity index is 2.88. The zero-order valence-corrected chi connectivity index (χ0v) is 10.5. The minimum Gasteiger partial charge on any atom is -0.343 e. The smallest absolute Gasteiger partial charge is 0.343 e. The minimum atomic E-state index is -4.35. The van der Waals surface area contributed by atoms with Crippen LogP contribution in [0.15, 0.2) is 0 Å². The maximum Gasteiger partial charge on any atom is 0.391 e. The minimum absolute atomic E-state index is 0.368. The molecule has 2 amide bonds. The van der Waals surface area contributed by atoms with Gasteiger partial charge in [-0.1, -0.05) is 6.92 Å². The van der Waals surface area contributed by atoms with E-state index in [-0.39, 0.29) is 0 Å². The topological polar surface area (TPSA) is 49.4 Å². The maximum atomic E-state index is 12.4. The van der Waals surface area contributed by atoms with Crippen molar-refractivity contribution >= 4 is 11.8 Å². The van der Waals surface area contributed by atoms with Crippen molar-refractivity contribution < 1.29 is 22.8 Å². The lowest BCUT2D eigenvalue weighted by atomic mass is 10.0. The molecule has 1 N–H and O–H groups in total. The first kappa shape index (κ1) is 14.8. The molecule has 1 heterocycles. The van der Waals surface area contributed by atoms with E-state index in [1.807, 2.05) is 0 Å². The van der Waals surface area contributed by atoms with Crippen molar-refractivity contribution in [3.8, 4) is 0 Å². The second-order valence-corrected chi connectivity index (χ2v) is 4.56. The fourth-order valence-electron chi connectivity index (χ4n) is 2.16. The van der Waals surface area contributed by atoms with Gasteiger partial charge in [-0.2, -0.15) is 13.2 Å². The third kappa shape index (κ3) is 3.14. The van der Waals surface area contributed by atoms with Gasteiger partial charge in [0, 0.05) is 6.04 Å². The lowest BCUT2D eigenvalue weighted by molar-refractivity contribution is -0.164. The van der Waals surface area contributed by atoms with Gasteiger partial charge in [-0.05, 0) is 20.3 Å². The van der Waals surface area contributed by atoms with Crippen molar-refractivity contribution in [3.63, 3.8) is 0 Å². The summed E-state index contributed by atoms with van der Waals surface area (Å²) in [4.78, 5) is 24.6. The average molecular weight is 266 g/mol. The number of piperazine rings is 1. The van der Waals surface area contributed by atoms with E-state index in [0.29, 0.717) is 6.42 Å². The van der Waals surface area contributed by atoms with Crippen LogP contribution in [0.1, 0.15) is 33.6 Å². The van der Waals surface area contributed by atoms with Gasteiger partial charge in [0.05, 0.1) is 6.42 Å². The number of nitrogens with zero attached hydrogens (tertiary/aromatic N) is 1. The van der Waals surface area contributed by atoms with Gasteiger partial charge in [0.15, 0.2) is 0 Å². The van der Waals surface area contributed by atoms with Gasteiger partial charge in [0.25, 0.3) is 0 Å². The van der Waals surface area contributed by atoms with Crippen LogP contribution >= 0.6 is 0 Å². The third-order valence-corrected chi connectivity index (χ3v) is 3.08. The Morgan fingerprint density at radius 3 is 2.39 bits per heavy atom. The summed E-state index contributed by atoms with van der Waals surface area (Å²) in [5.41, 5.74) is 0. The molecule has 18 heavy (non-hydrogen) atoms. The zero-order chi connectivity index (χ0) is 14.1. The van der Waals surface area contributed by atoms with Gasteiger partial charge in [-0.3, -0.25) is 9.59 Å². The summed E-state index contributed by atoms with van der Waals surface area (Å²) in [5, 5.41) is 2.50. The van der Waals surface area contributed by atoms with Gasteiger partial charge in [-0.15, -0.1) is 0 Å². The molecule has 0 aliphatic carbocycles. The summed E-state index contributed by atoms with van der Waals surface area (Å²) in [6, 6.07) is -2.62. The van der Waals surface area contributed by atoms with E-state index in [9.17, 15) is 22.8 Å². The van der Waals surface area contributed by atoms with E-state index in [1.165, 1.54) is 13.8 Å². The molecule has 1 aliphatic rings. The summed E-state index contributed by atoms with van der Waals surface area (Å²) < 4.78 is 37.1. The standard InChI is InChI=1S/C11H17F3N2O2/c1-4-8-10(18)16(7(3)9(17)15-8)6(2)5-11(12,13)14/h6-8H,4-5H2,1-3H3,(H,15,17). The Morgan fingerprint density at radius 2 is 1.94 bits per heavy atom. The summed E-state index contributed by atoms with van der Waals surface area (Å²) in [6.45, 7) is 4.45. The average Bonchev–Trinajstić information content (AvgIpc) is 2.21. The molecule has 0 radical (unpaired) electrons. The number of halogens is 3. The lowest BCUT2D eigenvalue weighted by Crippen LogP contribution is -2.64. The Labute approximate surface area is 104 Å². The van der Waals surface area contributed by atoms with Gasteiger partial charge in [-0.25, -0.2) is 0 Å². The quantitative estimate of drug-likeness (QED) is 0.840. The van der Waals surface area contributed by atoms with Crippen molar-refractivity contribution in [2.45, 2.75) is 57.9 Å². The number of rotatable bonds is 3. The molecule has 7 heteroatoms. The van der Waals surface area contributed by atoms with Crippen molar-refractivity contribution in [1.82, 2.24) is 10.2 Å². The number of carbonyl (C=O) groups excluding carboxylic acids is 2. The largest absolute Gasteiger partial charge is 0.391 e. The molecule has 0 saturated carbocycles. The predicted octanol–water partition coefficient (Wildman–Crippen LogP) is 1.45. The Bertz CT molecular complexity index is 344. The van der Waals surface area contributed by atoms with E-state index in [1.54, 1.807) is 6.92 Å². The Hall–Kier alpha value is -1.27. The number of amides is 2. The molecule has 3 unspecified atom stereocenters. The molecule has 0 aromatic rings.